The number of nitrogens with zero attached hydrogens (tertiary/aromatic N) is 4. The van der Waals surface area contributed by atoms with E-state index in [0.717, 1.165) is 55.3 Å². The number of hydrogen-bond donors (Lipinski definition) is 0. The van der Waals surface area contributed by atoms with Crippen LogP contribution in [0.4, 0.5) is 0 Å². The maximum absolute atomic E-state index is 6.69. The van der Waals surface area contributed by atoms with Crippen LogP contribution in [0, 0.1) is 0 Å². The Morgan fingerprint density at radius 1 is 0.479 bits per heavy atom. The van der Waals surface area contributed by atoms with Crippen molar-refractivity contribution in [1.82, 2.24) is 19.9 Å². The molecule has 48 heavy (non-hydrogen) atoms. The fraction of sp³-hybridized carbons (Fsp3) is 0. The van der Waals surface area contributed by atoms with Gasteiger partial charge in [-0.2, -0.15) is 0 Å². The first-order valence-corrected chi connectivity index (χ1v) is 16.6. The van der Waals surface area contributed by atoms with Crippen molar-refractivity contribution in [3.05, 3.63) is 146 Å². The van der Waals surface area contributed by atoms with Gasteiger partial charge in [0.1, 0.15) is 11.1 Å². The minimum atomic E-state index is 0.568. The standard InChI is InChI=1S/C42H24N4OS/c1-2-11-26(12-3-1)40-44-41(28-21-20-25-10-4-5-13-27(25)24-28)46-42(45-40)32-16-8-17-33-37(32)38-39(47-33)30(22-23-43-38)29-15-9-19-35-36(29)31-14-6-7-18-34(31)48-35/h1-24H. The summed E-state index contributed by atoms with van der Waals surface area (Å²) in [7, 11) is 0. The van der Waals surface area contributed by atoms with Crippen molar-refractivity contribution in [2.24, 2.45) is 0 Å². The minimum absolute atomic E-state index is 0.568. The van der Waals surface area contributed by atoms with Crippen LogP contribution in [0.2, 0.25) is 0 Å². The van der Waals surface area contributed by atoms with Crippen molar-refractivity contribution in [2.45, 2.75) is 0 Å². The van der Waals surface area contributed by atoms with Gasteiger partial charge in [0.2, 0.25) is 0 Å². The van der Waals surface area contributed by atoms with Gasteiger partial charge in [-0.3, -0.25) is 4.98 Å². The molecule has 0 aliphatic heterocycles. The van der Waals surface area contributed by atoms with Gasteiger partial charge in [0, 0.05) is 48.6 Å². The Labute approximate surface area is 278 Å². The molecule has 0 saturated carbocycles. The summed E-state index contributed by atoms with van der Waals surface area (Å²) in [5.74, 6) is 1.79. The first-order valence-electron chi connectivity index (χ1n) is 15.8. The third-order valence-corrected chi connectivity index (χ3v) is 10.1. The van der Waals surface area contributed by atoms with Gasteiger partial charge in [0.15, 0.2) is 23.1 Å². The van der Waals surface area contributed by atoms with Crippen molar-refractivity contribution in [1.29, 1.82) is 0 Å². The lowest BCUT2D eigenvalue weighted by molar-refractivity contribution is 0.669. The summed E-state index contributed by atoms with van der Waals surface area (Å²) in [5.41, 5.74) is 7.09. The average Bonchev–Trinajstić information content (AvgIpc) is 3.74. The molecule has 0 N–H and O–H groups in total. The summed E-state index contributed by atoms with van der Waals surface area (Å²) in [6.45, 7) is 0. The molecule has 4 heterocycles. The predicted molar refractivity (Wildman–Crippen MR) is 197 cm³/mol. The first-order chi connectivity index (χ1) is 23.8. The van der Waals surface area contributed by atoms with Crippen LogP contribution in [0.25, 0.3) is 98.3 Å². The lowest BCUT2D eigenvalue weighted by Gasteiger charge is -2.10. The fourth-order valence-corrected chi connectivity index (χ4v) is 7.90. The molecule has 0 unspecified atom stereocenters. The van der Waals surface area contributed by atoms with E-state index in [4.69, 9.17) is 24.4 Å². The Bertz CT molecular complexity index is 2860. The molecule has 0 fully saturated rings. The van der Waals surface area contributed by atoms with Gasteiger partial charge in [-0.25, -0.2) is 15.0 Å². The molecular weight excluding hydrogens is 609 g/mol. The molecule has 5 nitrogen and oxygen atoms in total. The van der Waals surface area contributed by atoms with Gasteiger partial charge in [-0.1, -0.05) is 109 Å². The third kappa shape index (κ3) is 4.24. The van der Waals surface area contributed by atoms with E-state index in [1.807, 2.05) is 72.1 Å². The molecule has 0 aliphatic carbocycles. The van der Waals surface area contributed by atoms with E-state index in [2.05, 4.69) is 84.9 Å². The molecule has 0 spiro atoms. The van der Waals surface area contributed by atoms with Crippen molar-refractivity contribution >= 4 is 64.4 Å². The fourth-order valence-electron chi connectivity index (χ4n) is 6.77. The highest BCUT2D eigenvalue weighted by Gasteiger charge is 2.21. The summed E-state index contributed by atoms with van der Waals surface area (Å²) < 4.78 is 9.20. The zero-order valence-electron chi connectivity index (χ0n) is 25.5. The molecule has 6 aromatic carbocycles. The molecule has 224 valence electrons. The highest BCUT2D eigenvalue weighted by Crippen LogP contribution is 2.44. The Morgan fingerprint density at radius 2 is 1.21 bits per heavy atom. The van der Waals surface area contributed by atoms with E-state index in [9.17, 15) is 0 Å². The minimum Gasteiger partial charge on any atom is -0.454 e. The Hall–Kier alpha value is -6.24. The van der Waals surface area contributed by atoms with E-state index in [0.29, 0.717) is 17.5 Å². The third-order valence-electron chi connectivity index (χ3n) is 8.99. The van der Waals surface area contributed by atoms with E-state index >= 15 is 0 Å². The second kappa shape index (κ2) is 10.7. The van der Waals surface area contributed by atoms with E-state index in [1.165, 1.54) is 25.6 Å². The highest BCUT2D eigenvalue weighted by molar-refractivity contribution is 7.25. The van der Waals surface area contributed by atoms with Gasteiger partial charge >= 0.3 is 0 Å². The summed E-state index contributed by atoms with van der Waals surface area (Å²) in [6.07, 6.45) is 1.88. The number of benzene rings is 6. The van der Waals surface area contributed by atoms with Crippen molar-refractivity contribution in [2.75, 3.05) is 0 Å². The monoisotopic (exact) mass is 632 g/mol. The molecule has 0 atom stereocenters. The summed E-state index contributed by atoms with van der Waals surface area (Å²) in [6, 6.07) is 47.9. The molecule has 6 heteroatoms. The van der Waals surface area contributed by atoms with Gasteiger partial charge < -0.3 is 4.42 Å². The van der Waals surface area contributed by atoms with Crippen molar-refractivity contribution in [3.63, 3.8) is 0 Å². The Balaban J connectivity index is 1.22. The molecular formula is C42H24N4OS. The Morgan fingerprint density at radius 3 is 2.12 bits per heavy atom. The quantitative estimate of drug-likeness (QED) is 0.193. The summed E-state index contributed by atoms with van der Waals surface area (Å²) in [4.78, 5) is 20.0. The van der Waals surface area contributed by atoms with E-state index in [1.54, 1.807) is 0 Å². The van der Waals surface area contributed by atoms with Gasteiger partial charge in [-0.15, -0.1) is 11.3 Å². The van der Waals surface area contributed by atoms with Crippen LogP contribution >= 0.6 is 11.3 Å². The van der Waals surface area contributed by atoms with Crippen LogP contribution in [0.1, 0.15) is 0 Å². The van der Waals surface area contributed by atoms with Gasteiger partial charge in [0.25, 0.3) is 0 Å². The van der Waals surface area contributed by atoms with Gasteiger partial charge in [-0.05, 0) is 46.7 Å². The van der Waals surface area contributed by atoms with Crippen LogP contribution < -0.4 is 0 Å². The second-order valence-corrected chi connectivity index (χ2v) is 12.9. The second-order valence-electron chi connectivity index (χ2n) is 11.8. The van der Waals surface area contributed by atoms with Crippen LogP contribution in [0.15, 0.2) is 150 Å². The molecule has 10 rings (SSSR count). The lowest BCUT2D eigenvalue weighted by Crippen LogP contribution is -2.00. The summed E-state index contributed by atoms with van der Waals surface area (Å²) in [5, 5.41) is 5.66. The molecule has 0 saturated heterocycles. The molecule has 0 radical (unpaired) electrons. The SMILES string of the molecule is c1ccc(-c2nc(-c3ccc4ccccc4c3)nc(-c3cccc4oc5c(-c6cccc7sc8ccccc8c67)ccnc5c34)n2)cc1. The number of pyridine rings is 1. The first kappa shape index (κ1) is 26.9. The van der Waals surface area contributed by atoms with Crippen molar-refractivity contribution < 1.29 is 4.42 Å². The molecule has 0 amide bonds. The number of fused-ring (bicyclic) bond motifs is 7. The van der Waals surface area contributed by atoms with Crippen LogP contribution in [0.3, 0.4) is 0 Å². The normalized spacial score (nSPS) is 11.8. The smallest absolute Gasteiger partial charge is 0.164 e. The number of thiophene rings is 1. The number of aromatic nitrogens is 4. The number of hydrogen-bond acceptors (Lipinski definition) is 6. The highest BCUT2D eigenvalue weighted by atomic mass is 32.1. The number of furan rings is 1. The zero-order chi connectivity index (χ0) is 31.6. The average molecular weight is 633 g/mol. The maximum atomic E-state index is 6.69. The molecule has 10 aromatic rings. The van der Waals surface area contributed by atoms with Crippen LogP contribution in [-0.2, 0) is 0 Å². The van der Waals surface area contributed by atoms with Crippen LogP contribution in [-0.4, -0.2) is 19.9 Å². The maximum Gasteiger partial charge on any atom is 0.164 e. The topological polar surface area (TPSA) is 64.7 Å². The van der Waals surface area contributed by atoms with Crippen LogP contribution in [0.5, 0.6) is 0 Å². The largest absolute Gasteiger partial charge is 0.454 e. The molecule has 0 bridgehead atoms. The zero-order valence-corrected chi connectivity index (χ0v) is 26.3. The predicted octanol–water partition coefficient (Wildman–Crippen LogP) is 11.4. The van der Waals surface area contributed by atoms with E-state index in [-0.39, 0.29) is 0 Å². The molecule has 0 aliphatic rings. The summed E-state index contributed by atoms with van der Waals surface area (Å²) >= 11 is 1.81. The van der Waals surface area contributed by atoms with Gasteiger partial charge in [0.05, 0.1) is 5.39 Å². The molecule has 4 aromatic heterocycles. The van der Waals surface area contributed by atoms with Crippen molar-refractivity contribution in [3.8, 4) is 45.3 Å². The lowest BCUT2D eigenvalue weighted by atomic mass is 9.99. The Kier molecular flexibility index (Phi) is 5.98. The van der Waals surface area contributed by atoms with E-state index < -0.39 is 0 Å². The number of rotatable bonds is 4.